The van der Waals surface area contributed by atoms with Crippen LogP contribution in [0.5, 0.6) is 5.88 Å². The van der Waals surface area contributed by atoms with Gasteiger partial charge in [0.2, 0.25) is 17.7 Å². The molecule has 0 aliphatic carbocycles. The second-order valence-electron chi connectivity index (χ2n) is 6.59. The number of hydrogen-bond acceptors (Lipinski definition) is 4. The molecule has 1 N–H and O–H groups in total. The predicted molar refractivity (Wildman–Crippen MR) is 97.3 cm³/mol. The Kier molecular flexibility index (Phi) is 5.51. The molecule has 1 aliphatic rings. The van der Waals surface area contributed by atoms with Crippen LogP contribution in [0, 0.1) is 12.8 Å². The third-order valence-electron chi connectivity index (χ3n) is 4.55. The minimum Gasteiger partial charge on any atom is -0.481 e. The van der Waals surface area contributed by atoms with Crippen molar-refractivity contribution in [2.24, 2.45) is 5.92 Å². The largest absolute Gasteiger partial charge is 0.481 e. The highest BCUT2D eigenvalue weighted by Gasteiger charge is 2.34. The van der Waals surface area contributed by atoms with E-state index >= 15 is 0 Å². The molecule has 0 bridgehead atoms. The van der Waals surface area contributed by atoms with Gasteiger partial charge in [0.05, 0.1) is 13.0 Å². The van der Waals surface area contributed by atoms with Crippen LogP contribution in [-0.2, 0) is 22.7 Å². The number of ether oxygens (including phenoxy) is 1. The first kappa shape index (κ1) is 17.9. The van der Waals surface area contributed by atoms with Crippen LogP contribution in [0.1, 0.15) is 23.1 Å². The van der Waals surface area contributed by atoms with E-state index in [1.807, 2.05) is 37.3 Å². The Balaban J connectivity index is 1.52. The van der Waals surface area contributed by atoms with Crippen molar-refractivity contribution in [1.29, 1.82) is 0 Å². The fourth-order valence-corrected chi connectivity index (χ4v) is 2.98. The average Bonchev–Trinajstić information content (AvgIpc) is 3.02. The van der Waals surface area contributed by atoms with Gasteiger partial charge in [0.1, 0.15) is 0 Å². The van der Waals surface area contributed by atoms with Gasteiger partial charge >= 0.3 is 0 Å². The van der Waals surface area contributed by atoms with Crippen LogP contribution in [0.25, 0.3) is 0 Å². The lowest BCUT2D eigenvalue weighted by atomic mass is 10.1. The number of nitrogens with zero attached hydrogens (tertiary/aromatic N) is 2. The van der Waals surface area contributed by atoms with Crippen molar-refractivity contribution in [2.45, 2.75) is 26.4 Å². The third kappa shape index (κ3) is 4.39. The summed E-state index contributed by atoms with van der Waals surface area (Å²) >= 11 is 0. The summed E-state index contributed by atoms with van der Waals surface area (Å²) in [4.78, 5) is 30.5. The molecular weight excluding hydrogens is 330 g/mol. The fraction of sp³-hybridized carbons (Fsp3) is 0.350. The van der Waals surface area contributed by atoms with E-state index < -0.39 is 0 Å². The Hall–Kier alpha value is -2.89. The minimum absolute atomic E-state index is 0.0249. The highest BCUT2D eigenvalue weighted by atomic mass is 16.5. The normalized spacial score (nSPS) is 16.6. The number of benzene rings is 1. The predicted octanol–water partition coefficient (Wildman–Crippen LogP) is 2.06. The summed E-state index contributed by atoms with van der Waals surface area (Å²) in [5, 5.41) is 2.89. The Morgan fingerprint density at radius 2 is 1.96 bits per heavy atom. The Morgan fingerprint density at radius 3 is 2.62 bits per heavy atom. The molecular formula is C20H23N3O3. The van der Waals surface area contributed by atoms with Crippen LogP contribution >= 0.6 is 0 Å². The number of pyridine rings is 1. The molecule has 0 spiro atoms. The molecule has 1 saturated heterocycles. The summed E-state index contributed by atoms with van der Waals surface area (Å²) in [6.45, 7) is 3.42. The third-order valence-corrected chi connectivity index (χ3v) is 4.55. The van der Waals surface area contributed by atoms with Crippen molar-refractivity contribution >= 4 is 11.8 Å². The van der Waals surface area contributed by atoms with E-state index in [-0.39, 0.29) is 24.2 Å². The molecule has 136 valence electrons. The van der Waals surface area contributed by atoms with Gasteiger partial charge < -0.3 is 15.0 Å². The Morgan fingerprint density at radius 1 is 1.23 bits per heavy atom. The SMILES string of the molecule is COc1ccc(CNC(=O)C2CC(=O)N(Cc3ccc(C)cc3)C2)cn1. The molecule has 2 amide bonds. The van der Waals surface area contributed by atoms with Crippen molar-refractivity contribution in [1.82, 2.24) is 15.2 Å². The summed E-state index contributed by atoms with van der Waals surface area (Å²) in [5.41, 5.74) is 3.15. The summed E-state index contributed by atoms with van der Waals surface area (Å²) in [7, 11) is 1.56. The van der Waals surface area contributed by atoms with Crippen LogP contribution in [0.3, 0.4) is 0 Å². The molecule has 1 aromatic carbocycles. The molecule has 1 atom stereocenters. The number of carbonyl (C=O) groups is 2. The molecule has 0 radical (unpaired) electrons. The Labute approximate surface area is 153 Å². The van der Waals surface area contributed by atoms with E-state index in [0.29, 0.717) is 25.5 Å². The van der Waals surface area contributed by atoms with Gasteiger partial charge in [-0.25, -0.2) is 4.98 Å². The number of methoxy groups -OCH3 is 1. The van der Waals surface area contributed by atoms with E-state index in [9.17, 15) is 9.59 Å². The zero-order valence-electron chi connectivity index (χ0n) is 15.1. The maximum absolute atomic E-state index is 12.4. The van der Waals surface area contributed by atoms with Gasteiger partial charge in [-0.3, -0.25) is 9.59 Å². The zero-order valence-corrected chi connectivity index (χ0v) is 15.1. The van der Waals surface area contributed by atoms with Gasteiger partial charge in [0.15, 0.2) is 0 Å². The number of likely N-dealkylation sites (tertiary alicyclic amines) is 1. The van der Waals surface area contributed by atoms with Crippen molar-refractivity contribution in [3.8, 4) is 5.88 Å². The van der Waals surface area contributed by atoms with Gasteiger partial charge in [-0.15, -0.1) is 0 Å². The number of aryl methyl sites for hydroxylation is 1. The lowest BCUT2D eigenvalue weighted by molar-refractivity contribution is -0.129. The fourth-order valence-electron chi connectivity index (χ4n) is 2.98. The first-order valence-corrected chi connectivity index (χ1v) is 8.65. The van der Waals surface area contributed by atoms with Gasteiger partial charge in [-0.05, 0) is 18.1 Å². The first-order chi connectivity index (χ1) is 12.5. The smallest absolute Gasteiger partial charge is 0.225 e. The quantitative estimate of drug-likeness (QED) is 0.863. The van der Waals surface area contributed by atoms with Crippen molar-refractivity contribution < 1.29 is 14.3 Å². The lowest BCUT2D eigenvalue weighted by Crippen LogP contribution is -2.32. The molecule has 2 heterocycles. The maximum Gasteiger partial charge on any atom is 0.225 e. The van der Waals surface area contributed by atoms with Crippen molar-refractivity contribution in [3.63, 3.8) is 0 Å². The molecule has 1 aliphatic heterocycles. The lowest BCUT2D eigenvalue weighted by Gasteiger charge is -2.17. The number of aromatic nitrogens is 1. The first-order valence-electron chi connectivity index (χ1n) is 8.65. The molecule has 26 heavy (non-hydrogen) atoms. The minimum atomic E-state index is -0.306. The average molecular weight is 353 g/mol. The maximum atomic E-state index is 12.4. The van der Waals surface area contributed by atoms with Crippen LogP contribution in [0.15, 0.2) is 42.6 Å². The van der Waals surface area contributed by atoms with E-state index in [1.165, 1.54) is 5.56 Å². The molecule has 0 saturated carbocycles. The summed E-state index contributed by atoms with van der Waals surface area (Å²) in [6, 6.07) is 11.7. The van der Waals surface area contributed by atoms with Crippen LogP contribution in [-0.4, -0.2) is 35.4 Å². The molecule has 1 fully saturated rings. The van der Waals surface area contributed by atoms with E-state index in [0.717, 1.165) is 11.1 Å². The number of amides is 2. The van der Waals surface area contributed by atoms with Gasteiger partial charge in [-0.2, -0.15) is 0 Å². The second kappa shape index (κ2) is 7.99. The molecule has 3 rings (SSSR count). The molecule has 1 aromatic heterocycles. The van der Waals surface area contributed by atoms with Gasteiger partial charge in [0, 0.05) is 38.3 Å². The highest BCUT2D eigenvalue weighted by Crippen LogP contribution is 2.21. The summed E-state index contributed by atoms with van der Waals surface area (Å²) < 4.78 is 5.01. The molecule has 6 nitrogen and oxygen atoms in total. The number of hydrogen-bond donors (Lipinski definition) is 1. The van der Waals surface area contributed by atoms with Crippen LogP contribution in [0.2, 0.25) is 0 Å². The topological polar surface area (TPSA) is 71.5 Å². The highest BCUT2D eigenvalue weighted by molar-refractivity contribution is 5.89. The molecule has 2 aromatic rings. The second-order valence-corrected chi connectivity index (χ2v) is 6.59. The van der Waals surface area contributed by atoms with E-state index in [4.69, 9.17) is 4.74 Å². The number of nitrogens with one attached hydrogen (secondary N) is 1. The zero-order chi connectivity index (χ0) is 18.5. The summed E-state index contributed by atoms with van der Waals surface area (Å²) in [6.07, 6.45) is 1.93. The van der Waals surface area contributed by atoms with Crippen LogP contribution in [0.4, 0.5) is 0 Å². The van der Waals surface area contributed by atoms with Gasteiger partial charge in [0.25, 0.3) is 0 Å². The van der Waals surface area contributed by atoms with E-state index in [1.54, 1.807) is 24.3 Å². The van der Waals surface area contributed by atoms with Crippen molar-refractivity contribution in [3.05, 3.63) is 59.3 Å². The number of carbonyl (C=O) groups excluding carboxylic acids is 2. The molecule has 1 unspecified atom stereocenters. The summed E-state index contributed by atoms with van der Waals surface area (Å²) in [5.74, 6) is 0.157. The van der Waals surface area contributed by atoms with Crippen LogP contribution < -0.4 is 10.1 Å². The van der Waals surface area contributed by atoms with E-state index in [2.05, 4.69) is 10.3 Å². The van der Waals surface area contributed by atoms with Crippen molar-refractivity contribution in [2.75, 3.05) is 13.7 Å². The number of rotatable bonds is 6. The van der Waals surface area contributed by atoms with Gasteiger partial charge in [-0.1, -0.05) is 35.9 Å². The monoisotopic (exact) mass is 353 g/mol. The standard InChI is InChI=1S/C20H23N3O3/c1-14-3-5-15(6-4-14)12-23-13-17(9-19(23)24)20(25)22-11-16-7-8-18(26-2)21-10-16/h3-8,10,17H,9,11-13H2,1-2H3,(H,22,25). The molecule has 6 heteroatoms. The Bertz CT molecular complexity index is 772.